The molecule has 27 heavy (non-hydrogen) atoms. The molecular weight excluding hydrogens is 457 g/mol. The lowest BCUT2D eigenvalue weighted by molar-refractivity contribution is 0.0486. The van der Waals surface area contributed by atoms with E-state index in [4.69, 9.17) is 9.47 Å². The van der Waals surface area contributed by atoms with Crippen LogP contribution in [0.1, 0.15) is 50.8 Å². The van der Waals surface area contributed by atoms with Gasteiger partial charge in [0.2, 0.25) is 0 Å². The zero-order valence-electron chi connectivity index (χ0n) is 17.8. The summed E-state index contributed by atoms with van der Waals surface area (Å²) < 4.78 is 12.9. The summed E-state index contributed by atoms with van der Waals surface area (Å²) in [4.78, 5) is 6.47. The van der Waals surface area contributed by atoms with Gasteiger partial charge in [0.1, 0.15) is 0 Å². The van der Waals surface area contributed by atoms with E-state index in [0.717, 1.165) is 44.2 Å². The van der Waals surface area contributed by atoms with E-state index >= 15 is 0 Å². The normalized spacial score (nSPS) is 11.6. The second kappa shape index (κ2) is 15.1. The van der Waals surface area contributed by atoms with Crippen molar-refractivity contribution in [1.82, 2.24) is 20.0 Å². The molecule has 8 heteroatoms. The third-order valence-corrected chi connectivity index (χ3v) is 4.01. The van der Waals surface area contributed by atoms with Crippen molar-refractivity contribution in [1.29, 1.82) is 0 Å². The van der Waals surface area contributed by atoms with Crippen LogP contribution in [0, 0.1) is 0 Å². The topological polar surface area (TPSA) is 63.9 Å². The second-order valence-corrected chi connectivity index (χ2v) is 6.78. The molecule has 0 bridgehead atoms. The van der Waals surface area contributed by atoms with Crippen LogP contribution in [0.25, 0.3) is 0 Å². The molecule has 0 saturated carbocycles. The number of guanidine groups is 1. The zero-order valence-corrected chi connectivity index (χ0v) is 20.2. The standard InChI is InChI=1S/C19H37N5O2.HI/c1-7-8-10-25-12-13-26-11-9-21-19(20-4)23(5)14-17-15-24(6)22-18(17)16(2)3;/h15-16H,7-14H2,1-6H3,(H,20,21);1H. The third kappa shape index (κ3) is 10.3. The van der Waals surface area contributed by atoms with Gasteiger partial charge in [0.05, 0.1) is 25.5 Å². The van der Waals surface area contributed by atoms with E-state index in [1.165, 1.54) is 5.56 Å². The number of halogens is 1. The monoisotopic (exact) mass is 495 g/mol. The molecular formula is C19H38IN5O2. The highest BCUT2D eigenvalue weighted by Crippen LogP contribution is 2.18. The molecule has 0 aliphatic heterocycles. The first-order valence-corrected chi connectivity index (χ1v) is 9.59. The van der Waals surface area contributed by atoms with Crippen molar-refractivity contribution in [3.05, 3.63) is 17.5 Å². The Hall–Kier alpha value is -0.870. The summed E-state index contributed by atoms with van der Waals surface area (Å²) in [6.45, 7) is 10.7. The summed E-state index contributed by atoms with van der Waals surface area (Å²) in [5.74, 6) is 1.26. The van der Waals surface area contributed by atoms with Gasteiger partial charge in [-0.05, 0) is 12.3 Å². The van der Waals surface area contributed by atoms with Crippen molar-refractivity contribution in [2.45, 2.75) is 46.1 Å². The van der Waals surface area contributed by atoms with Crippen LogP contribution in [0.2, 0.25) is 0 Å². The van der Waals surface area contributed by atoms with Gasteiger partial charge < -0.3 is 19.7 Å². The highest BCUT2D eigenvalue weighted by Gasteiger charge is 2.14. The Bertz CT molecular complexity index is 534. The smallest absolute Gasteiger partial charge is 0.193 e. The Kier molecular flexibility index (Phi) is 14.6. The van der Waals surface area contributed by atoms with Crippen LogP contribution in [-0.2, 0) is 23.1 Å². The molecule has 0 radical (unpaired) electrons. The highest BCUT2D eigenvalue weighted by molar-refractivity contribution is 14.0. The van der Waals surface area contributed by atoms with Gasteiger partial charge in [-0.1, -0.05) is 27.2 Å². The van der Waals surface area contributed by atoms with E-state index in [1.54, 1.807) is 7.05 Å². The quantitative estimate of drug-likeness (QED) is 0.209. The first kappa shape index (κ1) is 26.1. The maximum atomic E-state index is 5.59. The van der Waals surface area contributed by atoms with E-state index in [1.807, 2.05) is 18.8 Å². The van der Waals surface area contributed by atoms with Crippen molar-refractivity contribution < 1.29 is 9.47 Å². The van der Waals surface area contributed by atoms with E-state index < -0.39 is 0 Å². The third-order valence-electron chi connectivity index (χ3n) is 4.01. The van der Waals surface area contributed by atoms with E-state index in [-0.39, 0.29) is 24.0 Å². The molecule has 1 N–H and O–H groups in total. The average Bonchev–Trinajstić information content (AvgIpc) is 2.97. The van der Waals surface area contributed by atoms with Gasteiger partial charge in [-0.25, -0.2) is 0 Å². The molecule has 0 aliphatic carbocycles. The highest BCUT2D eigenvalue weighted by atomic mass is 127. The number of rotatable bonds is 12. The molecule has 0 aliphatic rings. The molecule has 0 saturated heterocycles. The van der Waals surface area contributed by atoms with Gasteiger partial charge in [-0.2, -0.15) is 5.10 Å². The lowest BCUT2D eigenvalue weighted by Gasteiger charge is -2.22. The first-order chi connectivity index (χ1) is 12.5. The lowest BCUT2D eigenvalue weighted by Crippen LogP contribution is -2.40. The lowest BCUT2D eigenvalue weighted by atomic mass is 10.1. The van der Waals surface area contributed by atoms with Crippen LogP contribution in [0.15, 0.2) is 11.2 Å². The number of aliphatic imine (C=N–C) groups is 1. The van der Waals surface area contributed by atoms with Crippen molar-refractivity contribution in [2.24, 2.45) is 12.0 Å². The number of nitrogens with zero attached hydrogens (tertiary/aromatic N) is 4. The number of nitrogens with one attached hydrogen (secondary N) is 1. The zero-order chi connectivity index (χ0) is 19.4. The summed E-state index contributed by atoms with van der Waals surface area (Å²) in [6, 6.07) is 0. The van der Waals surface area contributed by atoms with E-state index in [2.05, 4.69) is 47.3 Å². The molecule has 1 rings (SSSR count). The van der Waals surface area contributed by atoms with Gasteiger partial charge >= 0.3 is 0 Å². The predicted octanol–water partition coefficient (Wildman–Crippen LogP) is 3.00. The maximum absolute atomic E-state index is 5.59. The van der Waals surface area contributed by atoms with Gasteiger partial charge in [0.15, 0.2) is 5.96 Å². The molecule has 0 unspecified atom stereocenters. The van der Waals surface area contributed by atoms with Crippen LogP contribution < -0.4 is 5.32 Å². The molecule has 0 aromatic carbocycles. The molecule has 1 aromatic heterocycles. The van der Waals surface area contributed by atoms with Crippen LogP contribution in [0.4, 0.5) is 0 Å². The maximum Gasteiger partial charge on any atom is 0.193 e. The first-order valence-electron chi connectivity index (χ1n) is 9.59. The molecule has 0 atom stereocenters. The minimum Gasteiger partial charge on any atom is -0.379 e. The number of hydrogen-bond donors (Lipinski definition) is 1. The Labute approximate surface area is 181 Å². The number of ether oxygens (including phenoxy) is 2. The van der Waals surface area contributed by atoms with Gasteiger partial charge in [-0.15, -0.1) is 24.0 Å². The summed E-state index contributed by atoms with van der Waals surface area (Å²) >= 11 is 0. The summed E-state index contributed by atoms with van der Waals surface area (Å²) in [6.07, 6.45) is 4.36. The van der Waals surface area contributed by atoms with Crippen LogP contribution >= 0.6 is 24.0 Å². The fraction of sp³-hybridized carbons (Fsp3) is 0.789. The molecule has 0 amide bonds. The fourth-order valence-electron chi connectivity index (χ4n) is 2.68. The summed E-state index contributed by atoms with van der Waals surface area (Å²) in [5.41, 5.74) is 2.37. The molecule has 0 spiro atoms. The predicted molar refractivity (Wildman–Crippen MR) is 122 cm³/mol. The van der Waals surface area contributed by atoms with Crippen molar-refractivity contribution in [3.8, 4) is 0 Å². The van der Waals surface area contributed by atoms with Crippen molar-refractivity contribution >= 4 is 29.9 Å². The number of aryl methyl sites for hydroxylation is 1. The van der Waals surface area contributed by atoms with Gasteiger partial charge in [0, 0.05) is 52.6 Å². The van der Waals surface area contributed by atoms with Crippen LogP contribution in [-0.4, -0.2) is 67.7 Å². The van der Waals surface area contributed by atoms with E-state index in [0.29, 0.717) is 25.7 Å². The molecule has 1 heterocycles. The Morgan fingerprint density at radius 2 is 1.93 bits per heavy atom. The molecule has 7 nitrogen and oxygen atoms in total. The average molecular weight is 495 g/mol. The number of hydrogen-bond acceptors (Lipinski definition) is 4. The van der Waals surface area contributed by atoms with Crippen LogP contribution in [0.3, 0.4) is 0 Å². The largest absolute Gasteiger partial charge is 0.379 e. The summed E-state index contributed by atoms with van der Waals surface area (Å²) in [7, 11) is 5.80. The van der Waals surface area contributed by atoms with Crippen molar-refractivity contribution in [2.75, 3.05) is 47.1 Å². The van der Waals surface area contributed by atoms with Gasteiger partial charge in [-0.3, -0.25) is 9.67 Å². The minimum absolute atomic E-state index is 0. The molecule has 1 aromatic rings. The SMILES string of the molecule is CCCCOCCOCCNC(=NC)N(C)Cc1cn(C)nc1C(C)C.I. The number of aromatic nitrogens is 2. The summed E-state index contributed by atoms with van der Waals surface area (Å²) in [5, 5.41) is 7.91. The fourth-order valence-corrected chi connectivity index (χ4v) is 2.68. The van der Waals surface area contributed by atoms with Crippen LogP contribution in [0.5, 0.6) is 0 Å². The Morgan fingerprint density at radius 3 is 2.52 bits per heavy atom. The van der Waals surface area contributed by atoms with Gasteiger partial charge in [0.25, 0.3) is 0 Å². The number of unbranched alkanes of at least 4 members (excludes halogenated alkanes) is 1. The molecule has 0 fully saturated rings. The van der Waals surface area contributed by atoms with E-state index in [9.17, 15) is 0 Å². The minimum atomic E-state index is 0. The Morgan fingerprint density at radius 1 is 1.26 bits per heavy atom. The Balaban J connectivity index is 0.00000676. The second-order valence-electron chi connectivity index (χ2n) is 6.78. The van der Waals surface area contributed by atoms with Crippen molar-refractivity contribution in [3.63, 3.8) is 0 Å². The molecule has 158 valence electrons.